The maximum atomic E-state index is 11.8. The molecule has 0 aliphatic carbocycles. The number of aromatic nitrogens is 1. The largest absolute Gasteiger partial charge is 0.317 e. The first kappa shape index (κ1) is 10.8. The van der Waals surface area contributed by atoms with Gasteiger partial charge in [0.15, 0.2) is 5.11 Å². The third-order valence-electron chi connectivity index (χ3n) is 2.43. The molecule has 1 aromatic heterocycles. The zero-order valence-electron chi connectivity index (χ0n) is 9.04. The van der Waals surface area contributed by atoms with Crippen LogP contribution < -0.4 is 0 Å². The van der Waals surface area contributed by atoms with Crippen LogP contribution in [0.15, 0.2) is 30.1 Å². The molecule has 0 radical (unpaired) electrons. The van der Waals surface area contributed by atoms with Gasteiger partial charge in [-0.3, -0.25) is 14.7 Å². The minimum absolute atomic E-state index is 0.0989. The molecule has 0 bridgehead atoms. The highest BCUT2D eigenvalue weighted by atomic mass is 32.1. The summed E-state index contributed by atoms with van der Waals surface area (Å²) in [6.45, 7) is 0. The maximum Gasteiger partial charge on any atom is 0.276 e. The summed E-state index contributed by atoms with van der Waals surface area (Å²) in [6, 6.07) is 5.55. The lowest BCUT2D eigenvalue weighted by atomic mass is 10.3. The van der Waals surface area contributed by atoms with Crippen LogP contribution in [-0.2, 0) is 4.79 Å². The lowest BCUT2D eigenvalue weighted by Gasteiger charge is -2.10. The molecule has 0 aromatic carbocycles. The second kappa shape index (κ2) is 4.02. The molecule has 1 aliphatic heterocycles. The van der Waals surface area contributed by atoms with Crippen molar-refractivity contribution in [3.63, 3.8) is 0 Å². The Hall–Kier alpha value is -1.75. The quantitative estimate of drug-likeness (QED) is 0.538. The number of rotatable bonds is 1. The summed E-state index contributed by atoms with van der Waals surface area (Å²) in [5.41, 5.74) is 1.29. The van der Waals surface area contributed by atoms with Gasteiger partial charge in [-0.2, -0.15) is 0 Å². The van der Waals surface area contributed by atoms with Gasteiger partial charge >= 0.3 is 0 Å². The van der Waals surface area contributed by atoms with Crippen molar-refractivity contribution in [1.29, 1.82) is 0 Å². The van der Waals surface area contributed by atoms with E-state index in [0.717, 1.165) is 5.69 Å². The molecule has 2 heterocycles. The van der Waals surface area contributed by atoms with Gasteiger partial charge in [0, 0.05) is 20.3 Å². The van der Waals surface area contributed by atoms with Crippen LogP contribution in [0.2, 0.25) is 0 Å². The first-order chi connectivity index (χ1) is 7.61. The van der Waals surface area contributed by atoms with Gasteiger partial charge in [-0.15, -0.1) is 0 Å². The van der Waals surface area contributed by atoms with Crippen molar-refractivity contribution in [3.05, 3.63) is 35.8 Å². The summed E-state index contributed by atoms with van der Waals surface area (Å²) in [6.07, 6.45) is 3.42. The zero-order chi connectivity index (χ0) is 11.7. The number of likely N-dealkylation sites (N-methyl/N-ethyl adjacent to an activating group) is 2. The third-order valence-corrected chi connectivity index (χ3v) is 2.98. The molecular formula is C11H11N3OS. The van der Waals surface area contributed by atoms with Crippen molar-refractivity contribution in [2.75, 3.05) is 14.1 Å². The lowest BCUT2D eigenvalue weighted by Crippen LogP contribution is -2.26. The second-order valence-corrected chi connectivity index (χ2v) is 3.86. The van der Waals surface area contributed by atoms with Crippen LogP contribution >= 0.6 is 12.2 Å². The van der Waals surface area contributed by atoms with Crippen LogP contribution in [0.3, 0.4) is 0 Å². The fraction of sp³-hybridized carbons (Fsp3) is 0.182. The molecule has 1 fully saturated rings. The minimum atomic E-state index is -0.0989. The highest BCUT2D eigenvalue weighted by Gasteiger charge is 2.32. The average molecular weight is 233 g/mol. The normalized spacial score (nSPS) is 18.8. The Morgan fingerprint density at radius 3 is 2.56 bits per heavy atom. The SMILES string of the molecule is CN1C(=O)/C(=C/c2ccccn2)N(C)C1=S. The summed E-state index contributed by atoms with van der Waals surface area (Å²) in [5, 5.41) is 0.507. The fourth-order valence-corrected chi connectivity index (χ4v) is 1.67. The van der Waals surface area contributed by atoms with Gasteiger partial charge in [0.2, 0.25) is 0 Å². The topological polar surface area (TPSA) is 36.4 Å². The molecular weight excluding hydrogens is 222 g/mol. The van der Waals surface area contributed by atoms with E-state index in [2.05, 4.69) is 4.98 Å². The molecule has 0 unspecified atom stereocenters. The molecule has 16 heavy (non-hydrogen) atoms. The van der Waals surface area contributed by atoms with Gasteiger partial charge in [-0.25, -0.2) is 0 Å². The van der Waals surface area contributed by atoms with Crippen LogP contribution in [0.1, 0.15) is 5.69 Å². The van der Waals surface area contributed by atoms with Gasteiger partial charge in [0.05, 0.1) is 5.69 Å². The molecule has 5 heteroatoms. The van der Waals surface area contributed by atoms with Gasteiger partial charge in [0.25, 0.3) is 5.91 Å². The zero-order valence-corrected chi connectivity index (χ0v) is 9.86. The smallest absolute Gasteiger partial charge is 0.276 e. The molecule has 82 valence electrons. The summed E-state index contributed by atoms with van der Waals surface area (Å²) in [5.74, 6) is -0.0989. The molecule has 0 saturated carbocycles. The number of hydrogen-bond donors (Lipinski definition) is 0. The van der Waals surface area contributed by atoms with Crippen LogP contribution in [0.5, 0.6) is 0 Å². The molecule has 0 spiro atoms. The summed E-state index contributed by atoms with van der Waals surface area (Å²) >= 11 is 5.10. The van der Waals surface area contributed by atoms with Gasteiger partial charge < -0.3 is 4.90 Å². The summed E-state index contributed by atoms with van der Waals surface area (Å²) < 4.78 is 0. The van der Waals surface area contributed by atoms with E-state index in [1.54, 1.807) is 31.3 Å². The Bertz CT molecular complexity index is 469. The molecule has 1 aliphatic rings. The first-order valence-electron chi connectivity index (χ1n) is 4.79. The molecule has 1 amide bonds. The van der Waals surface area contributed by atoms with E-state index in [-0.39, 0.29) is 5.91 Å². The summed E-state index contributed by atoms with van der Waals surface area (Å²) in [7, 11) is 3.44. The lowest BCUT2D eigenvalue weighted by molar-refractivity contribution is -0.121. The van der Waals surface area contributed by atoms with E-state index in [1.165, 1.54) is 4.90 Å². The fourth-order valence-electron chi connectivity index (χ4n) is 1.49. The predicted octanol–water partition coefficient (Wildman–Crippen LogP) is 1.11. The Labute approximate surface area is 99.2 Å². The number of nitrogens with zero attached hydrogens (tertiary/aromatic N) is 3. The number of thiocarbonyl (C=S) groups is 1. The number of hydrogen-bond acceptors (Lipinski definition) is 3. The minimum Gasteiger partial charge on any atom is -0.317 e. The number of amides is 1. The van der Waals surface area contributed by atoms with Crippen molar-refractivity contribution < 1.29 is 4.79 Å². The Morgan fingerprint density at radius 1 is 1.31 bits per heavy atom. The third kappa shape index (κ3) is 1.69. The van der Waals surface area contributed by atoms with E-state index >= 15 is 0 Å². The van der Waals surface area contributed by atoms with Gasteiger partial charge in [0.1, 0.15) is 5.70 Å². The Kier molecular flexibility index (Phi) is 2.70. The molecule has 4 nitrogen and oxygen atoms in total. The first-order valence-corrected chi connectivity index (χ1v) is 5.20. The van der Waals surface area contributed by atoms with E-state index in [0.29, 0.717) is 10.8 Å². The van der Waals surface area contributed by atoms with Crippen LogP contribution in [0.4, 0.5) is 0 Å². The predicted molar refractivity (Wildman–Crippen MR) is 65.3 cm³/mol. The van der Waals surface area contributed by atoms with Crippen molar-refractivity contribution in [3.8, 4) is 0 Å². The number of carbonyl (C=O) groups is 1. The second-order valence-electron chi connectivity index (χ2n) is 3.49. The van der Waals surface area contributed by atoms with Crippen LogP contribution in [0.25, 0.3) is 6.08 Å². The molecule has 2 rings (SSSR count). The van der Waals surface area contributed by atoms with Crippen LogP contribution in [-0.4, -0.2) is 39.9 Å². The average Bonchev–Trinajstić information content (AvgIpc) is 2.48. The van der Waals surface area contributed by atoms with Crippen molar-refractivity contribution >= 4 is 29.3 Å². The van der Waals surface area contributed by atoms with Crippen molar-refractivity contribution in [2.24, 2.45) is 0 Å². The standard InChI is InChI=1S/C11H11N3OS/c1-13-9(10(15)14(2)11(13)16)7-8-5-3-4-6-12-8/h3-7H,1-2H3/b9-7-. The Morgan fingerprint density at radius 2 is 2.06 bits per heavy atom. The highest BCUT2D eigenvalue weighted by Crippen LogP contribution is 2.19. The van der Waals surface area contributed by atoms with Gasteiger partial charge in [-0.1, -0.05) is 6.07 Å². The summed E-state index contributed by atoms with van der Waals surface area (Å²) in [4.78, 5) is 19.1. The number of pyridine rings is 1. The molecule has 1 aromatic rings. The van der Waals surface area contributed by atoms with Crippen molar-refractivity contribution in [1.82, 2.24) is 14.8 Å². The van der Waals surface area contributed by atoms with Crippen molar-refractivity contribution in [2.45, 2.75) is 0 Å². The van der Waals surface area contributed by atoms with E-state index in [1.807, 2.05) is 18.2 Å². The highest BCUT2D eigenvalue weighted by molar-refractivity contribution is 7.80. The van der Waals surface area contributed by atoms with E-state index < -0.39 is 0 Å². The van der Waals surface area contributed by atoms with E-state index in [4.69, 9.17) is 12.2 Å². The molecule has 1 saturated heterocycles. The Balaban J connectivity index is 2.39. The maximum absolute atomic E-state index is 11.8. The molecule has 0 N–H and O–H groups in total. The number of carbonyl (C=O) groups excluding carboxylic acids is 1. The van der Waals surface area contributed by atoms with E-state index in [9.17, 15) is 4.79 Å². The van der Waals surface area contributed by atoms with Crippen LogP contribution in [0, 0.1) is 0 Å². The molecule has 0 atom stereocenters. The van der Waals surface area contributed by atoms with Gasteiger partial charge in [-0.05, 0) is 30.4 Å². The monoisotopic (exact) mass is 233 g/mol.